The monoisotopic (exact) mass is 422 g/mol. The molecule has 2 fully saturated rings. The quantitative estimate of drug-likeness (QED) is 0.592. The fourth-order valence-electron chi connectivity index (χ4n) is 4.88. The van der Waals surface area contributed by atoms with Crippen LogP contribution < -0.4 is 10.1 Å². The van der Waals surface area contributed by atoms with Gasteiger partial charge in [-0.1, -0.05) is 48.5 Å². The summed E-state index contributed by atoms with van der Waals surface area (Å²) < 4.78 is 11.4. The Morgan fingerprint density at radius 3 is 2.45 bits per heavy atom. The maximum atomic E-state index is 12.8. The Hall–Kier alpha value is -2.37. The zero-order chi connectivity index (χ0) is 21.4. The minimum absolute atomic E-state index is 0.00864. The average molecular weight is 423 g/mol. The number of nitrogens with one attached hydrogen (secondary N) is 1. The van der Waals surface area contributed by atoms with Crippen LogP contribution in [0.5, 0.6) is 5.75 Å². The normalized spacial score (nSPS) is 20.7. The van der Waals surface area contributed by atoms with Gasteiger partial charge in [-0.15, -0.1) is 0 Å². The first kappa shape index (κ1) is 21.8. The second-order valence-electron chi connectivity index (χ2n) is 8.67. The predicted molar refractivity (Wildman–Crippen MR) is 122 cm³/mol. The minimum atomic E-state index is 0.00864. The lowest BCUT2D eigenvalue weighted by molar-refractivity contribution is -0.130. The first-order valence-electron chi connectivity index (χ1n) is 11.6. The summed E-state index contributed by atoms with van der Waals surface area (Å²) in [6.45, 7) is 4.69. The number of carbonyl (C=O) groups is 1. The van der Waals surface area contributed by atoms with E-state index in [9.17, 15) is 4.79 Å². The fourth-order valence-corrected chi connectivity index (χ4v) is 4.88. The molecule has 2 heterocycles. The van der Waals surface area contributed by atoms with Crippen molar-refractivity contribution in [2.45, 2.75) is 43.6 Å². The van der Waals surface area contributed by atoms with E-state index in [1.54, 1.807) is 0 Å². The Bertz CT molecular complexity index is 806. The zero-order valence-electron chi connectivity index (χ0n) is 18.3. The largest absolute Gasteiger partial charge is 0.492 e. The van der Waals surface area contributed by atoms with E-state index in [-0.39, 0.29) is 5.41 Å². The maximum Gasteiger partial charge on any atom is 0.222 e. The van der Waals surface area contributed by atoms with Crippen molar-refractivity contribution in [3.05, 3.63) is 66.2 Å². The summed E-state index contributed by atoms with van der Waals surface area (Å²) in [6, 6.07) is 20.9. The molecule has 0 aromatic heterocycles. The molecule has 4 rings (SSSR count). The number of hydrogen-bond acceptors (Lipinski definition) is 4. The summed E-state index contributed by atoms with van der Waals surface area (Å²) in [5.74, 6) is 1.21. The summed E-state index contributed by atoms with van der Waals surface area (Å²) in [6.07, 6.45) is 4.56. The van der Waals surface area contributed by atoms with Gasteiger partial charge < -0.3 is 19.7 Å². The highest BCUT2D eigenvalue weighted by Crippen LogP contribution is 2.38. The van der Waals surface area contributed by atoms with Crippen molar-refractivity contribution < 1.29 is 14.3 Å². The molecule has 31 heavy (non-hydrogen) atoms. The van der Waals surface area contributed by atoms with Crippen LogP contribution in [0, 0.1) is 0 Å². The molecule has 2 aromatic rings. The maximum absolute atomic E-state index is 12.8. The van der Waals surface area contributed by atoms with Crippen molar-refractivity contribution in [1.82, 2.24) is 10.2 Å². The van der Waals surface area contributed by atoms with E-state index in [0.717, 1.165) is 64.3 Å². The molecule has 1 atom stereocenters. The Morgan fingerprint density at radius 1 is 1.00 bits per heavy atom. The molecule has 1 unspecified atom stereocenters. The van der Waals surface area contributed by atoms with Crippen molar-refractivity contribution in [2.75, 3.05) is 39.5 Å². The molecule has 2 saturated heterocycles. The standard InChI is InChI=1S/C26H34N2O3/c29-25-12-11-23(13-16-27-17-20-31-24-9-5-2-6-10-24)28(25)21-26(14-18-30-19-15-26)22-7-3-1-4-8-22/h1-10,23,27H,11-21H2. The minimum Gasteiger partial charge on any atom is -0.492 e. The van der Waals surface area contributed by atoms with E-state index < -0.39 is 0 Å². The number of likely N-dealkylation sites (tertiary alicyclic amines) is 1. The Morgan fingerprint density at radius 2 is 1.71 bits per heavy atom. The zero-order valence-corrected chi connectivity index (χ0v) is 18.3. The van der Waals surface area contributed by atoms with Crippen LogP contribution in [0.25, 0.3) is 0 Å². The van der Waals surface area contributed by atoms with Crippen LogP contribution in [0.2, 0.25) is 0 Å². The number of para-hydroxylation sites is 1. The number of ether oxygens (including phenoxy) is 2. The highest BCUT2D eigenvalue weighted by molar-refractivity contribution is 5.79. The fraction of sp³-hybridized carbons (Fsp3) is 0.500. The SMILES string of the molecule is O=C1CCC(CCNCCOc2ccccc2)N1CC1(c2ccccc2)CCOCC1. The molecule has 0 aliphatic carbocycles. The summed E-state index contributed by atoms with van der Waals surface area (Å²) >= 11 is 0. The van der Waals surface area contributed by atoms with Gasteiger partial charge in [-0.3, -0.25) is 4.79 Å². The van der Waals surface area contributed by atoms with Gasteiger partial charge in [0.1, 0.15) is 12.4 Å². The topological polar surface area (TPSA) is 50.8 Å². The van der Waals surface area contributed by atoms with Crippen LogP contribution in [0.3, 0.4) is 0 Å². The summed E-state index contributed by atoms with van der Waals surface area (Å²) in [5, 5.41) is 3.48. The van der Waals surface area contributed by atoms with Crippen LogP contribution >= 0.6 is 0 Å². The van der Waals surface area contributed by atoms with Crippen LogP contribution in [0.15, 0.2) is 60.7 Å². The van der Waals surface area contributed by atoms with Gasteiger partial charge in [0.2, 0.25) is 5.91 Å². The molecular weight excluding hydrogens is 388 g/mol. The third-order valence-corrected chi connectivity index (χ3v) is 6.71. The second-order valence-corrected chi connectivity index (χ2v) is 8.67. The predicted octanol–water partition coefficient (Wildman–Crippen LogP) is 3.78. The van der Waals surface area contributed by atoms with E-state index in [4.69, 9.17) is 9.47 Å². The number of hydrogen-bond donors (Lipinski definition) is 1. The van der Waals surface area contributed by atoms with Crippen LogP contribution in [-0.2, 0) is 14.9 Å². The van der Waals surface area contributed by atoms with Gasteiger partial charge >= 0.3 is 0 Å². The highest BCUT2D eigenvalue weighted by atomic mass is 16.5. The van der Waals surface area contributed by atoms with Crippen molar-refractivity contribution in [3.8, 4) is 5.75 Å². The molecule has 2 aliphatic rings. The molecule has 0 spiro atoms. The Balaban J connectivity index is 1.29. The van der Waals surface area contributed by atoms with Gasteiger partial charge in [0.25, 0.3) is 0 Å². The lowest BCUT2D eigenvalue weighted by Crippen LogP contribution is -2.48. The van der Waals surface area contributed by atoms with Gasteiger partial charge in [0, 0.05) is 44.2 Å². The molecule has 5 nitrogen and oxygen atoms in total. The smallest absolute Gasteiger partial charge is 0.222 e. The van der Waals surface area contributed by atoms with E-state index in [2.05, 4.69) is 40.5 Å². The second kappa shape index (κ2) is 10.8. The molecule has 1 amide bonds. The number of amides is 1. The van der Waals surface area contributed by atoms with E-state index >= 15 is 0 Å². The third kappa shape index (κ3) is 5.66. The van der Waals surface area contributed by atoms with Crippen LogP contribution in [0.1, 0.15) is 37.7 Å². The summed E-state index contributed by atoms with van der Waals surface area (Å²) in [4.78, 5) is 14.9. The number of carbonyl (C=O) groups excluding carboxylic acids is 1. The molecule has 0 radical (unpaired) electrons. The Labute approximate surface area is 185 Å². The van der Waals surface area contributed by atoms with Crippen molar-refractivity contribution in [1.29, 1.82) is 0 Å². The first-order chi connectivity index (χ1) is 15.3. The molecular formula is C26H34N2O3. The van der Waals surface area contributed by atoms with Crippen molar-refractivity contribution >= 4 is 5.91 Å². The third-order valence-electron chi connectivity index (χ3n) is 6.71. The van der Waals surface area contributed by atoms with Crippen molar-refractivity contribution in [2.24, 2.45) is 0 Å². The molecule has 0 saturated carbocycles. The molecule has 2 aromatic carbocycles. The lowest BCUT2D eigenvalue weighted by Gasteiger charge is -2.42. The molecule has 2 aliphatic heterocycles. The van der Waals surface area contributed by atoms with Crippen LogP contribution in [-0.4, -0.2) is 56.3 Å². The van der Waals surface area contributed by atoms with Crippen LogP contribution in [0.4, 0.5) is 0 Å². The Kier molecular flexibility index (Phi) is 7.60. The van der Waals surface area contributed by atoms with E-state index in [1.165, 1.54) is 5.56 Å². The average Bonchev–Trinajstić information content (AvgIpc) is 3.17. The molecule has 166 valence electrons. The first-order valence-corrected chi connectivity index (χ1v) is 11.6. The molecule has 5 heteroatoms. The van der Waals surface area contributed by atoms with Gasteiger partial charge in [0.05, 0.1) is 0 Å². The van der Waals surface area contributed by atoms with Gasteiger partial charge in [-0.25, -0.2) is 0 Å². The summed E-state index contributed by atoms with van der Waals surface area (Å²) in [7, 11) is 0. The lowest BCUT2D eigenvalue weighted by atomic mass is 9.73. The van der Waals surface area contributed by atoms with Gasteiger partial charge in [-0.05, 0) is 49.9 Å². The van der Waals surface area contributed by atoms with Crippen molar-refractivity contribution in [3.63, 3.8) is 0 Å². The summed E-state index contributed by atoms with van der Waals surface area (Å²) in [5.41, 5.74) is 1.35. The molecule has 1 N–H and O–H groups in total. The van der Waals surface area contributed by atoms with E-state index in [0.29, 0.717) is 25.0 Å². The van der Waals surface area contributed by atoms with E-state index in [1.807, 2.05) is 30.3 Å². The van der Waals surface area contributed by atoms with Gasteiger partial charge in [0.15, 0.2) is 0 Å². The number of nitrogens with zero attached hydrogens (tertiary/aromatic N) is 1. The van der Waals surface area contributed by atoms with Gasteiger partial charge in [-0.2, -0.15) is 0 Å². The molecule has 0 bridgehead atoms. The number of benzene rings is 2. The highest BCUT2D eigenvalue weighted by Gasteiger charge is 2.41. The number of rotatable bonds is 10.